The first-order chi connectivity index (χ1) is 14.7. The molecule has 4 aromatic rings. The van der Waals surface area contributed by atoms with Crippen molar-refractivity contribution in [3.8, 4) is 28.3 Å². The minimum absolute atomic E-state index is 0.273. The van der Waals surface area contributed by atoms with Crippen LogP contribution in [0.25, 0.3) is 28.6 Å². The minimum atomic E-state index is -0.273. The molecule has 3 aromatic carbocycles. The third-order valence-electron chi connectivity index (χ3n) is 4.51. The van der Waals surface area contributed by atoms with E-state index < -0.39 is 0 Å². The Hall–Kier alpha value is -4.26. The van der Waals surface area contributed by atoms with Gasteiger partial charge in [0, 0.05) is 11.6 Å². The second-order valence-corrected chi connectivity index (χ2v) is 6.46. The number of hydrogen-bond donors (Lipinski definition) is 2. The van der Waals surface area contributed by atoms with Crippen molar-refractivity contribution in [2.75, 3.05) is 12.4 Å². The van der Waals surface area contributed by atoms with Crippen molar-refractivity contribution in [1.29, 1.82) is 0 Å². The number of hydrogen-bond acceptors (Lipinski definition) is 5. The van der Waals surface area contributed by atoms with Crippen molar-refractivity contribution in [3.63, 3.8) is 0 Å². The number of nitrogens with one attached hydrogen (secondary N) is 2. The zero-order valence-electron chi connectivity index (χ0n) is 16.2. The normalized spacial score (nSPS) is 10.8. The third-order valence-corrected chi connectivity index (χ3v) is 4.51. The van der Waals surface area contributed by atoms with E-state index in [1.54, 1.807) is 31.4 Å². The summed E-state index contributed by atoms with van der Waals surface area (Å²) in [6.07, 6.45) is 3.25. The fourth-order valence-corrected chi connectivity index (χ4v) is 2.99. The van der Waals surface area contributed by atoms with Crippen molar-refractivity contribution < 1.29 is 9.53 Å². The van der Waals surface area contributed by atoms with Crippen molar-refractivity contribution >= 4 is 17.7 Å². The molecule has 0 bridgehead atoms. The van der Waals surface area contributed by atoms with E-state index >= 15 is 0 Å². The van der Waals surface area contributed by atoms with Gasteiger partial charge >= 0.3 is 0 Å². The van der Waals surface area contributed by atoms with Gasteiger partial charge in [0.25, 0.3) is 0 Å². The number of methoxy groups -OCH3 is 1. The number of tetrazole rings is 1. The van der Waals surface area contributed by atoms with Crippen molar-refractivity contribution in [2.24, 2.45) is 0 Å². The number of carbonyl (C=O) groups excluding carboxylic acids is 1. The van der Waals surface area contributed by atoms with Gasteiger partial charge in [-0.15, -0.1) is 10.2 Å². The molecule has 0 aliphatic heterocycles. The zero-order chi connectivity index (χ0) is 20.8. The predicted octanol–water partition coefficient (Wildman–Crippen LogP) is 4.19. The van der Waals surface area contributed by atoms with Gasteiger partial charge in [0.15, 0.2) is 0 Å². The topological polar surface area (TPSA) is 92.8 Å². The average Bonchev–Trinajstić information content (AvgIpc) is 3.34. The van der Waals surface area contributed by atoms with Gasteiger partial charge in [0.05, 0.1) is 12.8 Å². The molecule has 0 fully saturated rings. The van der Waals surface area contributed by atoms with Crippen LogP contribution in [0, 0.1) is 0 Å². The van der Waals surface area contributed by atoms with E-state index in [-0.39, 0.29) is 5.91 Å². The first kappa shape index (κ1) is 19.1. The lowest BCUT2D eigenvalue weighted by atomic mass is 10.0. The number of ether oxygens (including phenoxy) is 1. The Kier molecular flexibility index (Phi) is 5.61. The van der Waals surface area contributed by atoms with Crippen LogP contribution in [0.15, 0.2) is 78.9 Å². The maximum atomic E-state index is 12.4. The van der Waals surface area contributed by atoms with E-state index in [1.165, 1.54) is 6.08 Å². The van der Waals surface area contributed by atoms with E-state index in [0.717, 1.165) is 16.7 Å². The fraction of sp³-hybridized carbons (Fsp3) is 0.0435. The molecule has 0 aliphatic rings. The average molecular weight is 397 g/mol. The number of carbonyl (C=O) groups is 1. The highest BCUT2D eigenvalue weighted by molar-refractivity contribution is 6.03. The van der Waals surface area contributed by atoms with E-state index in [2.05, 4.69) is 38.1 Å². The second-order valence-electron chi connectivity index (χ2n) is 6.46. The SMILES string of the molecule is COc1ccc(-c2nn[nH]n2)cc1NC(=O)/C=C/c1ccc(-c2ccccc2)cc1. The van der Waals surface area contributed by atoms with Crippen LogP contribution in [0.5, 0.6) is 5.75 Å². The smallest absolute Gasteiger partial charge is 0.248 e. The number of nitrogens with zero attached hydrogens (tertiary/aromatic N) is 3. The van der Waals surface area contributed by atoms with Gasteiger partial charge in [0.2, 0.25) is 11.7 Å². The number of aromatic nitrogens is 4. The molecule has 0 saturated carbocycles. The standard InChI is InChI=1S/C23H19N5O2/c1-30-21-13-12-19(23-25-27-28-26-23)15-20(21)24-22(29)14-9-16-7-10-18(11-8-16)17-5-3-2-4-6-17/h2-15H,1H3,(H,24,29)(H,25,26,27,28)/b14-9+. The summed E-state index contributed by atoms with van der Waals surface area (Å²) in [5.74, 6) is 0.698. The molecule has 2 N–H and O–H groups in total. The third kappa shape index (κ3) is 4.41. The van der Waals surface area contributed by atoms with E-state index in [4.69, 9.17) is 4.74 Å². The highest BCUT2D eigenvalue weighted by Crippen LogP contribution is 2.29. The van der Waals surface area contributed by atoms with E-state index in [0.29, 0.717) is 22.8 Å². The Morgan fingerprint density at radius 1 is 0.967 bits per heavy atom. The summed E-state index contributed by atoms with van der Waals surface area (Å²) in [7, 11) is 1.54. The quantitative estimate of drug-likeness (QED) is 0.476. The van der Waals surface area contributed by atoms with Gasteiger partial charge in [0.1, 0.15) is 5.75 Å². The number of anilines is 1. The van der Waals surface area contributed by atoms with Crippen LogP contribution in [0.3, 0.4) is 0 Å². The summed E-state index contributed by atoms with van der Waals surface area (Å²) in [6.45, 7) is 0. The molecule has 7 nitrogen and oxygen atoms in total. The summed E-state index contributed by atoms with van der Waals surface area (Å²) in [5, 5.41) is 16.7. The van der Waals surface area contributed by atoms with Crippen molar-refractivity contribution in [1.82, 2.24) is 20.6 Å². The molecule has 0 atom stereocenters. The Balaban J connectivity index is 1.47. The lowest BCUT2D eigenvalue weighted by molar-refractivity contribution is -0.111. The maximum Gasteiger partial charge on any atom is 0.248 e. The fourth-order valence-electron chi connectivity index (χ4n) is 2.99. The number of benzene rings is 3. The number of amides is 1. The second kappa shape index (κ2) is 8.83. The number of rotatable bonds is 6. The van der Waals surface area contributed by atoms with Crippen LogP contribution in [0.1, 0.15) is 5.56 Å². The number of H-pyrrole nitrogens is 1. The lowest BCUT2D eigenvalue weighted by Gasteiger charge is -2.10. The van der Waals surface area contributed by atoms with Gasteiger partial charge in [-0.1, -0.05) is 54.6 Å². The summed E-state index contributed by atoms with van der Waals surface area (Å²) < 4.78 is 5.33. The molecule has 0 radical (unpaired) electrons. The molecule has 4 rings (SSSR count). The molecule has 0 saturated heterocycles. The highest BCUT2D eigenvalue weighted by atomic mass is 16.5. The van der Waals surface area contributed by atoms with E-state index in [1.807, 2.05) is 42.5 Å². The molecule has 1 aromatic heterocycles. The molecule has 30 heavy (non-hydrogen) atoms. The van der Waals surface area contributed by atoms with Gasteiger partial charge in [-0.3, -0.25) is 4.79 Å². The molecule has 7 heteroatoms. The molecular formula is C23H19N5O2. The Bertz CT molecular complexity index is 1150. The predicted molar refractivity (Wildman–Crippen MR) is 116 cm³/mol. The molecule has 0 aliphatic carbocycles. The van der Waals surface area contributed by atoms with Gasteiger partial charge in [-0.25, -0.2) is 0 Å². The Morgan fingerprint density at radius 3 is 2.40 bits per heavy atom. The van der Waals surface area contributed by atoms with Crippen LogP contribution in [-0.4, -0.2) is 33.6 Å². The highest BCUT2D eigenvalue weighted by Gasteiger charge is 2.10. The van der Waals surface area contributed by atoms with Crippen LogP contribution in [0.2, 0.25) is 0 Å². The van der Waals surface area contributed by atoms with Gasteiger partial charge in [-0.2, -0.15) is 5.21 Å². The molecule has 0 spiro atoms. The molecule has 1 heterocycles. The molecule has 148 valence electrons. The monoisotopic (exact) mass is 397 g/mol. The maximum absolute atomic E-state index is 12.4. The Morgan fingerprint density at radius 2 is 1.70 bits per heavy atom. The number of aromatic amines is 1. The first-order valence-corrected chi connectivity index (χ1v) is 9.29. The van der Waals surface area contributed by atoms with Crippen LogP contribution in [-0.2, 0) is 4.79 Å². The zero-order valence-corrected chi connectivity index (χ0v) is 16.2. The largest absolute Gasteiger partial charge is 0.495 e. The Labute approximate surface area is 173 Å². The molecule has 1 amide bonds. The minimum Gasteiger partial charge on any atom is -0.495 e. The first-order valence-electron chi connectivity index (χ1n) is 9.29. The molecule has 0 unspecified atom stereocenters. The van der Waals surface area contributed by atoms with Crippen molar-refractivity contribution in [2.45, 2.75) is 0 Å². The summed E-state index contributed by atoms with van der Waals surface area (Å²) in [4.78, 5) is 12.4. The van der Waals surface area contributed by atoms with E-state index in [9.17, 15) is 4.79 Å². The van der Waals surface area contributed by atoms with Gasteiger partial charge < -0.3 is 10.1 Å². The summed E-state index contributed by atoms with van der Waals surface area (Å²) in [5.41, 5.74) is 4.44. The van der Waals surface area contributed by atoms with Crippen LogP contribution in [0.4, 0.5) is 5.69 Å². The van der Waals surface area contributed by atoms with Crippen LogP contribution < -0.4 is 10.1 Å². The lowest BCUT2D eigenvalue weighted by Crippen LogP contribution is -2.09. The van der Waals surface area contributed by atoms with Gasteiger partial charge in [-0.05, 0) is 46.2 Å². The summed E-state index contributed by atoms with van der Waals surface area (Å²) >= 11 is 0. The van der Waals surface area contributed by atoms with Crippen LogP contribution >= 0.6 is 0 Å². The summed E-state index contributed by atoms with van der Waals surface area (Å²) in [6, 6.07) is 23.4. The van der Waals surface area contributed by atoms with Crippen molar-refractivity contribution in [3.05, 3.63) is 84.4 Å². The molecular weight excluding hydrogens is 378 g/mol.